The summed E-state index contributed by atoms with van der Waals surface area (Å²) in [7, 11) is 0. The van der Waals surface area contributed by atoms with Gasteiger partial charge in [0.2, 0.25) is 0 Å². The average molecular weight is 282 g/mol. The van der Waals surface area contributed by atoms with Gasteiger partial charge < -0.3 is 0 Å². The molecule has 0 spiro atoms. The molecule has 106 valence electrons. The number of rotatable bonds is 6. The highest BCUT2D eigenvalue weighted by Gasteiger charge is 2.18. The van der Waals surface area contributed by atoms with E-state index in [0.717, 1.165) is 23.0 Å². The molecule has 0 aromatic heterocycles. The van der Waals surface area contributed by atoms with Gasteiger partial charge in [0, 0.05) is 16.7 Å². The van der Waals surface area contributed by atoms with Crippen molar-refractivity contribution in [3.8, 4) is 0 Å². The minimum absolute atomic E-state index is 0.181. The highest BCUT2D eigenvalue weighted by atomic mass is 32.2. The van der Waals surface area contributed by atoms with E-state index in [-0.39, 0.29) is 5.82 Å². The van der Waals surface area contributed by atoms with Crippen LogP contribution in [0.3, 0.4) is 0 Å². The molecule has 0 aliphatic heterocycles. The molecule has 1 saturated carbocycles. The topological polar surface area (TPSA) is 38.0 Å². The molecule has 2 rings (SSSR count). The van der Waals surface area contributed by atoms with Gasteiger partial charge in [0.05, 0.1) is 0 Å². The van der Waals surface area contributed by atoms with Gasteiger partial charge in [-0.25, -0.2) is 4.39 Å². The zero-order valence-corrected chi connectivity index (χ0v) is 12.1. The van der Waals surface area contributed by atoms with Crippen molar-refractivity contribution >= 4 is 11.8 Å². The third-order valence-corrected chi connectivity index (χ3v) is 5.02. The van der Waals surface area contributed by atoms with Gasteiger partial charge >= 0.3 is 0 Å². The molecule has 4 heteroatoms. The Hall–Kier alpha value is -0.580. The Kier molecular flexibility index (Phi) is 6.14. The molecule has 3 N–H and O–H groups in total. The molecule has 0 bridgehead atoms. The number of hydrazine groups is 1. The minimum atomic E-state index is -0.181. The van der Waals surface area contributed by atoms with Gasteiger partial charge in [-0.3, -0.25) is 11.3 Å². The highest BCUT2D eigenvalue weighted by Crippen LogP contribution is 2.29. The number of nitrogens with one attached hydrogen (secondary N) is 1. The van der Waals surface area contributed by atoms with Gasteiger partial charge in [-0.05, 0) is 36.6 Å². The number of thioether (sulfide) groups is 1. The summed E-state index contributed by atoms with van der Waals surface area (Å²) in [5.74, 6) is 7.24. The Balaban J connectivity index is 1.76. The molecule has 1 atom stereocenters. The molecule has 2 nitrogen and oxygen atoms in total. The van der Waals surface area contributed by atoms with Crippen LogP contribution in [0.1, 0.15) is 38.5 Å². The van der Waals surface area contributed by atoms with E-state index >= 15 is 0 Å². The van der Waals surface area contributed by atoms with Gasteiger partial charge in [-0.15, -0.1) is 11.8 Å². The van der Waals surface area contributed by atoms with Crippen LogP contribution in [-0.4, -0.2) is 11.8 Å². The van der Waals surface area contributed by atoms with Crippen molar-refractivity contribution < 1.29 is 4.39 Å². The lowest BCUT2D eigenvalue weighted by atomic mass is 9.85. The van der Waals surface area contributed by atoms with Crippen molar-refractivity contribution in [1.82, 2.24) is 5.43 Å². The first-order chi connectivity index (χ1) is 9.28. The van der Waals surface area contributed by atoms with Crippen LogP contribution in [0.25, 0.3) is 0 Å². The Labute approximate surface area is 119 Å². The van der Waals surface area contributed by atoms with Crippen LogP contribution < -0.4 is 11.3 Å². The van der Waals surface area contributed by atoms with E-state index in [0.29, 0.717) is 6.04 Å². The molecule has 19 heavy (non-hydrogen) atoms. The molecule has 1 aliphatic carbocycles. The number of hydrogen-bond donors (Lipinski definition) is 2. The SMILES string of the molecule is NNC(CSc1ccc(F)cc1)CC1CCCCC1. The maximum Gasteiger partial charge on any atom is 0.123 e. The molecule has 1 aromatic rings. The average Bonchev–Trinajstić information content (AvgIpc) is 2.46. The van der Waals surface area contributed by atoms with Crippen molar-refractivity contribution in [2.24, 2.45) is 11.8 Å². The van der Waals surface area contributed by atoms with Crippen molar-refractivity contribution in [3.05, 3.63) is 30.1 Å². The fourth-order valence-corrected chi connectivity index (χ4v) is 3.69. The summed E-state index contributed by atoms with van der Waals surface area (Å²) in [4.78, 5) is 1.10. The van der Waals surface area contributed by atoms with Gasteiger partial charge in [0.25, 0.3) is 0 Å². The van der Waals surface area contributed by atoms with E-state index in [2.05, 4.69) is 5.43 Å². The molecular formula is C15H23FN2S. The summed E-state index contributed by atoms with van der Waals surface area (Å²) in [6.07, 6.45) is 7.98. The second-order valence-corrected chi connectivity index (χ2v) is 6.46. The van der Waals surface area contributed by atoms with E-state index in [1.165, 1.54) is 44.2 Å². The third-order valence-electron chi connectivity index (χ3n) is 3.84. The van der Waals surface area contributed by atoms with E-state index in [1.807, 2.05) is 12.1 Å². The molecule has 0 amide bonds. The molecule has 1 fully saturated rings. The lowest BCUT2D eigenvalue weighted by Crippen LogP contribution is -2.38. The molecule has 1 aliphatic rings. The summed E-state index contributed by atoms with van der Waals surface area (Å²) < 4.78 is 12.8. The quantitative estimate of drug-likeness (QED) is 0.474. The Bertz CT molecular complexity index is 363. The van der Waals surface area contributed by atoms with Crippen LogP contribution in [0.4, 0.5) is 4.39 Å². The molecule has 0 heterocycles. The molecule has 1 unspecified atom stereocenters. The maximum atomic E-state index is 12.8. The number of halogens is 1. The summed E-state index contributed by atoms with van der Waals surface area (Å²) in [6.45, 7) is 0. The Morgan fingerprint density at radius 2 is 1.89 bits per heavy atom. The lowest BCUT2D eigenvalue weighted by molar-refractivity contribution is 0.308. The van der Waals surface area contributed by atoms with E-state index in [9.17, 15) is 4.39 Å². The smallest absolute Gasteiger partial charge is 0.123 e. The predicted molar refractivity (Wildman–Crippen MR) is 79.4 cm³/mol. The van der Waals surface area contributed by atoms with Crippen LogP contribution in [0.5, 0.6) is 0 Å². The van der Waals surface area contributed by atoms with E-state index < -0.39 is 0 Å². The van der Waals surface area contributed by atoms with E-state index in [1.54, 1.807) is 11.8 Å². The van der Waals surface area contributed by atoms with Gasteiger partial charge in [0.1, 0.15) is 5.82 Å². The monoisotopic (exact) mass is 282 g/mol. The first-order valence-corrected chi connectivity index (χ1v) is 8.11. The standard InChI is InChI=1S/C15H23FN2S/c16-13-6-8-15(9-7-13)19-11-14(18-17)10-12-4-2-1-3-5-12/h6-9,12,14,18H,1-5,10-11,17H2. The van der Waals surface area contributed by atoms with Crippen LogP contribution >= 0.6 is 11.8 Å². The Morgan fingerprint density at radius 1 is 1.21 bits per heavy atom. The number of hydrogen-bond acceptors (Lipinski definition) is 3. The van der Waals surface area contributed by atoms with Crippen molar-refractivity contribution in [2.75, 3.05) is 5.75 Å². The fraction of sp³-hybridized carbons (Fsp3) is 0.600. The van der Waals surface area contributed by atoms with Crippen LogP contribution in [-0.2, 0) is 0 Å². The fourth-order valence-electron chi connectivity index (χ4n) is 2.74. The van der Waals surface area contributed by atoms with Crippen molar-refractivity contribution in [3.63, 3.8) is 0 Å². The zero-order chi connectivity index (χ0) is 13.5. The molecule has 0 saturated heterocycles. The van der Waals surface area contributed by atoms with Gasteiger partial charge in [0.15, 0.2) is 0 Å². The van der Waals surface area contributed by atoms with E-state index in [4.69, 9.17) is 5.84 Å². The van der Waals surface area contributed by atoms with Crippen LogP contribution in [0.15, 0.2) is 29.2 Å². The molecule has 1 aromatic carbocycles. The minimum Gasteiger partial charge on any atom is -0.271 e. The summed E-state index contributed by atoms with van der Waals surface area (Å²) in [6, 6.07) is 7.02. The molecular weight excluding hydrogens is 259 g/mol. The largest absolute Gasteiger partial charge is 0.271 e. The van der Waals surface area contributed by atoms with Crippen molar-refractivity contribution in [2.45, 2.75) is 49.5 Å². The third kappa shape index (κ3) is 5.13. The predicted octanol–water partition coefficient (Wildman–Crippen LogP) is 3.72. The summed E-state index contributed by atoms with van der Waals surface area (Å²) >= 11 is 1.74. The lowest BCUT2D eigenvalue weighted by Gasteiger charge is -2.26. The Morgan fingerprint density at radius 3 is 2.53 bits per heavy atom. The van der Waals surface area contributed by atoms with Crippen LogP contribution in [0, 0.1) is 11.7 Å². The zero-order valence-electron chi connectivity index (χ0n) is 11.3. The number of benzene rings is 1. The second kappa shape index (κ2) is 7.88. The summed E-state index contributed by atoms with van der Waals surface area (Å²) in [5.41, 5.74) is 2.94. The number of nitrogens with two attached hydrogens (primary N) is 1. The molecule has 0 radical (unpaired) electrons. The van der Waals surface area contributed by atoms with Crippen molar-refractivity contribution in [1.29, 1.82) is 0 Å². The maximum absolute atomic E-state index is 12.8. The second-order valence-electron chi connectivity index (χ2n) is 5.37. The summed E-state index contributed by atoms with van der Waals surface area (Å²) in [5, 5.41) is 0. The normalized spacial score (nSPS) is 18.4. The first kappa shape index (κ1) is 14.8. The van der Waals surface area contributed by atoms with Crippen LogP contribution in [0.2, 0.25) is 0 Å². The highest BCUT2D eigenvalue weighted by molar-refractivity contribution is 7.99. The van der Waals surface area contributed by atoms with Gasteiger partial charge in [-0.1, -0.05) is 32.1 Å². The van der Waals surface area contributed by atoms with Gasteiger partial charge in [-0.2, -0.15) is 0 Å². The first-order valence-electron chi connectivity index (χ1n) is 7.12.